The Morgan fingerprint density at radius 1 is 1.67 bits per heavy atom. The van der Waals surface area contributed by atoms with Crippen LogP contribution in [0.5, 0.6) is 5.88 Å². The molecule has 1 amide bonds. The molecule has 1 aromatic heterocycles. The molecule has 2 rings (SSSR count). The van der Waals surface area contributed by atoms with Gasteiger partial charge in [-0.1, -0.05) is 0 Å². The minimum Gasteiger partial charge on any atom is -0.472 e. The second-order valence-corrected chi connectivity index (χ2v) is 4.82. The van der Waals surface area contributed by atoms with Crippen LogP contribution in [0.4, 0.5) is 4.79 Å². The molecule has 0 spiro atoms. The molecule has 1 atom stereocenters. The van der Waals surface area contributed by atoms with E-state index < -0.39 is 0 Å². The highest BCUT2D eigenvalue weighted by molar-refractivity contribution is 9.10. The number of hydrogen-bond acceptors (Lipinski definition) is 4. The number of carbonyl (C=O) groups is 1. The Morgan fingerprint density at radius 3 is 3.22 bits per heavy atom. The van der Waals surface area contributed by atoms with Crippen molar-refractivity contribution in [3.8, 4) is 5.88 Å². The van der Waals surface area contributed by atoms with E-state index >= 15 is 0 Å². The van der Waals surface area contributed by atoms with Crippen molar-refractivity contribution in [2.45, 2.75) is 19.4 Å². The lowest BCUT2D eigenvalue weighted by Gasteiger charge is -2.16. The first-order chi connectivity index (χ1) is 8.70. The summed E-state index contributed by atoms with van der Waals surface area (Å²) in [5.41, 5.74) is 0. The zero-order valence-electron chi connectivity index (χ0n) is 10.1. The Bertz CT molecular complexity index is 428. The fourth-order valence-corrected chi connectivity index (χ4v) is 2.17. The van der Waals surface area contributed by atoms with Gasteiger partial charge >= 0.3 is 6.09 Å². The van der Waals surface area contributed by atoms with Crippen LogP contribution in [0, 0.1) is 0 Å². The van der Waals surface area contributed by atoms with Crippen LogP contribution in [0.3, 0.4) is 0 Å². The molecule has 1 fully saturated rings. The maximum absolute atomic E-state index is 11.5. The Balaban J connectivity index is 1.90. The number of halogens is 1. The molecule has 6 heteroatoms. The lowest BCUT2D eigenvalue weighted by molar-refractivity contribution is 0.109. The monoisotopic (exact) mass is 314 g/mol. The van der Waals surface area contributed by atoms with Gasteiger partial charge in [0, 0.05) is 19.2 Å². The predicted molar refractivity (Wildman–Crippen MR) is 69.6 cm³/mol. The molecular weight excluding hydrogens is 300 g/mol. The summed E-state index contributed by atoms with van der Waals surface area (Å²) in [6, 6.07) is 3.71. The molecule has 0 aliphatic carbocycles. The second-order valence-electron chi connectivity index (χ2n) is 3.96. The normalized spacial score (nSPS) is 18.8. The summed E-state index contributed by atoms with van der Waals surface area (Å²) < 4.78 is 11.5. The highest BCUT2D eigenvalue weighted by Gasteiger charge is 2.29. The summed E-state index contributed by atoms with van der Waals surface area (Å²) >= 11 is 3.38. The van der Waals surface area contributed by atoms with Gasteiger partial charge in [0.1, 0.15) is 6.10 Å². The highest BCUT2D eigenvalue weighted by atomic mass is 79.9. The molecule has 0 bridgehead atoms. The van der Waals surface area contributed by atoms with Gasteiger partial charge in [-0.25, -0.2) is 9.78 Å². The number of likely N-dealkylation sites (tertiary alicyclic amines) is 1. The van der Waals surface area contributed by atoms with Gasteiger partial charge in [0.2, 0.25) is 5.88 Å². The Labute approximate surface area is 114 Å². The predicted octanol–water partition coefficient (Wildman–Crippen LogP) is 2.45. The quantitative estimate of drug-likeness (QED) is 0.860. The average molecular weight is 315 g/mol. The Kier molecular flexibility index (Phi) is 4.41. The van der Waals surface area contributed by atoms with Gasteiger partial charge in [-0.05, 0) is 35.0 Å². The minimum absolute atomic E-state index is 0.0272. The minimum atomic E-state index is -0.274. The van der Waals surface area contributed by atoms with Crippen LogP contribution in [0.15, 0.2) is 22.8 Å². The maximum atomic E-state index is 11.5. The molecule has 0 radical (unpaired) electrons. The van der Waals surface area contributed by atoms with Crippen molar-refractivity contribution in [1.82, 2.24) is 9.88 Å². The van der Waals surface area contributed by atoms with Crippen molar-refractivity contribution in [1.29, 1.82) is 0 Å². The fourth-order valence-electron chi connectivity index (χ4n) is 1.82. The molecule has 0 N–H and O–H groups in total. The summed E-state index contributed by atoms with van der Waals surface area (Å²) in [5.74, 6) is 0.563. The van der Waals surface area contributed by atoms with Gasteiger partial charge in [0.15, 0.2) is 0 Å². The van der Waals surface area contributed by atoms with E-state index in [0.29, 0.717) is 25.6 Å². The van der Waals surface area contributed by atoms with Gasteiger partial charge in [0.05, 0.1) is 17.6 Å². The number of aromatic nitrogens is 1. The molecule has 18 heavy (non-hydrogen) atoms. The topological polar surface area (TPSA) is 51.7 Å². The molecule has 1 unspecified atom stereocenters. The maximum Gasteiger partial charge on any atom is 0.409 e. The molecule has 1 aliphatic rings. The van der Waals surface area contributed by atoms with Crippen molar-refractivity contribution in [2.24, 2.45) is 0 Å². The molecule has 5 nitrogen and oxygen atoms in total. The van der Waals surface area contributed by atoms with E-state index in [4.69, 9.17) is 9.47 Å². The smallest absolute Gasteiger partial charge is 0.409 e. The van der Waals surface area contributed by atoms with Gasteiger partial charge in [-0.3, -0.25) is 0 Å². The summed E-state index contributed by atoms with van der Waals surface area (Å²) in [6.45, 7) is 3.40. The fraction of sp³-hybridized carbons (Fsp3) is 0.500. The molecule has 2 heterocycles. The summed E-state index contributed by atoms with van der Waals surface area (Å²) in [4.78, 5) is 17.3. The molecule has 1 aromatic rings. The molecule has 1 saturated heterocycles. The largest absolute Gasteiger partial charge is 0.472 e. The van der Waals surface area contributed by atoms with Crippen LogP contribution in [0.25, 0.3) is 0 Å². The van der Waals surface area contributed by atoms with Crippen LogP contribution >= 0.6 is 15.9 Å². The van der Waals surface area contributed by atoms with E-state index in [1.165, 1.54) is 0 Å². The summed E-state index contributed by atoms with van der Waals surface area (Å²) in [5, 5.41) is 0. The number of carbonyl (C=O) groups excluding carboxylic acids is 1. The van der Waals surface area contributed by atoms with Gasteiger partial charge in [-0.15, -0.1) is 0 Å². The third-order valence-corrected chi connectivity index (χ3v) is 3.28. The summed E-state index contributed by atoms with van der Waals surface area (Å²) in [7, 11) is 0. The molecule has 98 valence electrons. The standard InChI is InChI=1S/C12H15BrN2O3/c1-2-17-12(16)15-7-5-9(8-15)18-11-10(13)4-3-6-14-11/h3-4,6,9H,2,5,7-8H2,1H3. The van der Waals surface area contributed by atoms with E-state index in [1.54, 1.807) is 18.0 Å². The van der Waals surface area contributed by atoms with E-state index in [9.17, 15) is 4.79 Å². The van der Waals surface area contributed by atoms with E-state index in [0.717, 1.165) is 10.9 Å². The number of hydrogen-bond donors (Lipinski definition) is 0. The third kappa shape index (κ3) is 3.13. The lowest BCUT2D eigenvalue weighted by atomic mass is 10.3. The summed E-state index contributed by atoms with van der Waals surface area (Å²) in [6.07, 6.45) is 2.17. The third-order valence-electron chi connectivity index (χ3n) is 2.67. The van der Waals surface area contributed by atoms with Crippen molar-refractivity contribution in [2.75, 3.05) is 19.7 Å². The van der Waals surface area contributed by atoms with Gasteiger partial charge in [-0.2, -0.15) is 0 Å². The van der Waals surface area contributed by atoms with Gasteiger partial charge in [0.25, 0.3) is 0 Å². The van der Waals surface area contributed by atoms with Crippen LogP contribution in [-0.2, 0) is 4.74 Å². The van der Waals surface area contributed by atoms with Crippen molar-refractivity contribution in [3.05, 3.63) is 22.8 Å². The van der Waals surface area contributed by atoms with Crippen LogP contribution < -0.4 is 4.74 Å². The number of rotatable bonds is 3. The second kappa shape index (κ2) is 6.04. The number of ether oxygens (including phenoxy) is 2. The highest BCUT2D eigenvalue weighted by Crippen LogP contribution is 2.24. The number of nitrogens with zero attached hydrogens (tertiary/aromatic N) is 2. The zero-order chi connectivity index (χ0) is 13.0. The van der Waals surface area contributed by atoms with E-state index in [2.05, 4.69) is 20.9 Å². The van der Waals surface area contributed by atoms with Gasteiger partial charge < -0.3 is 14.4 Å². The van der Waals surface area contributed by atoms with Crippen molar-refractivity contribution < 1.29 is 14.3 Å². The van der Waals surface area contributed by atoms with Crippen molar-refractivity contribution in [3.63, 3.8) is 0 Å². The van der Waals surface area contributed by atoms with Crippen LogP contribution in [0.1, 0.15) is 13.3 Å². The number of pyridine rings is 1. The first-order valence-corrected chi connectivity index (χ1v) is 6.69. The van der Waals surface area contributed by atoms with E-state index in [-0.39, 0.29) is 12.2 Å². The molecule has 0 saturated carbocycles. The lowest BCUT2D eigenvalue weighted by Crippen LogP contribution is -2.31. The van der Waals surface area contributed by atoms with Crippen LogP contribution in [-0.4, -0.2) is 41.8 Å². The average Bonchev–Trinajstić information content (AvgIpc) is 2.81. The van der Waals surface area contributed by atoms with Crippen LogP contribution in [0.2, 0.25) is 0 Å². The SMILES string of the molecule is CCOC(=O)N1CCC(Oc2ncccc2Br)C1. The Hall–Kier alpha value is -1.30. The zero-order valence-corrected chi connectivity index (χ0v) is 11.7. The molecular formula is C12H15BrN2O3. The first-order valence-electron chi connectivity index (χ1n) is 5.89. The van der Waals surface area contributed by atoms with E-state index in [1.807, 2.05) is 12.1 Å². The number of amides is 1. The molecule has 0 aromatic carbocycles. The first kappa shape index (κ1) is 13.1. The molecule has 1 aliphatic heterocycles. The Morgan fingerprint density at radius 2 is 2.50 bits per heavy atom. The van der Waals surface area contributed by atoms with Crippen molar-refractivity contribution >= 4 is 22.0 Å².